The van der Waals surface area contributed by atoms with Crippen LogP contribution in [0.15, 0.2) is 17.0 Å². The van der Waals surface area contributed by atoms with Crippen molar-refractivity contribution in [3.8, 4) is 0 Å². The van der Waals surface area contributed by atoms with Crippen molar-refractivity contribution in [2.45, 2.75) is 13.8 Å². The summed E-state index contributed by atoms with van der Waals surface area (Å²) in [6, 6.07) is 1.65. The summed E-state index contributed by atoms with van der Waals surface area (Å²) in [7, 11) is 0. The molecule has 0 aliphatic heterocycles. The fourth-order valence-corrected chi connectivity index (χ4v) is 0.981. The maximum atomic E-state index is 11.2. The second-order valence-electron chi connectivity index (χ2n) is 2.87. The first-order valence-corrected chi connectivity index (χ1v) is 4.67. The van der Waals surface area contributed by atoms with Gasteiger partial charge >= 0.3 is 0 Å². The third kappa shape index (κ3) is 3.10. The molecule has 70 valence electrons. The van der Waals surface area contributed by atoms with E-state index in [1.54, 1.807) is 6.07 Å². The van der Waals surface area contributed by atoms with Crippen LogP contribution in [0.2, 0.25) is 0 Å². The number of carbonyl (C=O) groups excluding carboxylic acids is 1. The summed E-state index contributed by atoms with van der Waals surface area (Å²) >= 11 is 3.19. The Morgan fingerprint density at radius 3 is 2.77 bits per heavy atom. The zero-order valence-corrected chi connectivity index (χ0v) is 9.00. The molecule has 4 nitrogen and oxygen atoms in total. The highest BCUT2D eigenvalue weighted by Crippen LogP contribution is 2.10. The Balaban J connectivity index is 2.69. The Morgan fingerprint density at radius 1 is 1.54 bits per heavy atom. The van der Waals surface area contributed by atoms with E-state index in [1.165, 1.54) is 6.33 Å². The Labute approximate surface area is 84.9 Å². The van der Waals surface area contributed by atoms with Crippen molar-refractivity contribution < 1.29 is 4.79 Å². The standard InChI is InChI=1S/C8H10BrN3O/c1-5(2)8(13)12-7-3-6(9)10-4-11-7/h3-5H,1-2H3,(H,10,11,12,13). The van der Waals surface area contributed by atoms with Crippen LogP contribution in [0.1, 0.15) is 13.8 Å². The minimum atomic E-state index is -0.0504. The van der Waals surface area contributed by atoms with Gasteiger partial charge in [-0.3, -0.25) is 4.79 Å². The van der Waals surface area contributed by atoms with Crippen LogP contribution in [0.4, 0.5) is 5.82 Å². The van der Waals surface area contributed by atoms with E-state index in [-0.39, 0.29) is 11.8 Å². The zero-order chi connectivity index (χ0) is 9.84. The molecule has 0 atom stereocenters. The van der Waals surface area contributed by atoms with Crippen LogP contribution in [0.3, 0.4) is 0 Å². The van der Waals surface area contributed by atoms with Crippen molar-refractivity contribution in [1.82, 2.24) is 9.97 Å². The largest absolute Gasteiger partial charge is 0.310 e. The number of halogens is 1. The van der Waals surface area contributed by atoms with E-state index in [2.05, 4.69) is 31.2 Å². The summed E-state index contributed by atoms with van der Waals surface area (Å²) in [5.74, 6) is 0.417. The first-order chi connectivity index (χ1) is 6.09. The van der Waals surface area contributed by atoms with Gasteiger partial charge in [0.05, 0.1) is 0 Å². The van der Waals surface area contributed by atoms with Crippen LogP contribution in [-0.2, 0) is 4.79 Å². The summed E-state index contributed by atoms with van der Waals surface area (Å²) < 4.78 is 0.654. The van der Waals surface area contributed by atoms with Crippen molar-refractivity contribution in [3.05, 3.63) is 17.0 Å². The van der Waals surface area contributed by atoms with Gasteiger partial charge in [-0.1, -0.05) is 13.8 Å². The predicted molar refractivity (Wildman–Crippen MR) is 53.2 cm³/mol. The lowest BCUT2D eigenvalue weighted by molar-refractivity contribution is -0.118. The molecule has 1 heterocycles. The fraction of sp³-hybridized carbons (Fsp3) is 0.375. The van der Waals surface area contributed by atoms with Crippen molar-refractivity contribution in [1.29, 1.82) is 0 Å². The van der Waals surface area contributed by atoms with Gasteiger partial charge in [0.15, 0.2) is 0 Å². The van der Waals surface area contributed by atoms with Gasteiger partial charge < -0.3 is 5.32 Å². The molecule has 0 spiro atoms. The molecule has 0 unspecified atom stereocenters. The Kier molecular flexibility index (Phi) is 3.36. The van der Waals surface area contributed by atoms with Crippen LogP contribution in [0, 0.1) is 5.92 Å². The average molecular weight is 244 g/mol. The quantitative estimate of drug-likeness (QED) is 0.807. The number of hydrogen-bond donors (Lipinski definition) is 1. The van der Waals surface area contributed by atoms with Crippen molar-refractivity contribution >= 4 is 27.7 Å². The number of amides is 1. The number of hydrogen-bond acceptors (Lipinski definition) is 3. The molecule has 0 saturated heterocycles. The third-order valence-electron chi connectivity index (χ3n) is 1.41. The van der Waals surface area contributed by atoms with Gasteiger partial charge in [0.1, 0.15) is 16.7 Å². The number of nitrogens with zero attached hydrogens (tertiary/aromatic N) is 2. The van der Waals surface area contributed by atoms with Crippen molar-refractivity contribution in [2.24, 2.45) is 5.92 Å². The van der Waals surface area contributed by atoms with Gasteiger partial charge in [-0.05, 0) is 15.9 Å². The van der Waals surface area contributed by atoms with Crippen LogP contribution in [0.5, 0.6) is 0 Å². The smallest absolute Gasteiger partial charge is 0.228 e. The Hall–Kier alpha value is -0.970. The highest BCUT2D eigenvalue weighted by atomic mass is 79.9. The molecule has 5 heteroatoms. The highest BCUT2D eigenvalue weighted by molar-refractivity contribution is 9.10. The van der Waals surface area contributed by atoms with Gasteiger partial charge in [0, 0.05) is 12.0 Å². The molecule has 0 aliphatic carbocycles. The van der Waals surface area contributed by atoms with Gasteiger partial charge in [-0.15, -0.1) is 0 Å². The topological polar surface area (TPSA) is 54.9 Å². The molecule has 0 aromatic carbocycles. The summed E-state index contributed by atoms with van der Waals surface area (Å²) in [5, 5.41) is 2.66. The first kappa shape index (κ1) is 10.1. The summed E-state index contributed by atoms with van der Waals surface area (Å²) in [6.45, 7) is 3.65. The summed E-state index contributed by atoms with van der Waals surface area (Å²) in [4.78, 5) is 19.0. The lowest BCUT2D eigenvalue weighted by Crippen LogP contribution is -2.18. The SMILES string of the molecule is CC(C)C(=O)Nc1cc(Br)ncn1. The van der Waals surface area contributed by atoms with Crippen molar-refractivity contribution in [2.75, 3.05) is 5.32 Å². The molecule has 13 heavy (non-hydrogen) atoms. The average Bonchev–Trinajstić information content (AvgIpc) is 2.04. The second kappa shape index (κ2) is 4.32. The van der Waals surface area contributed by atoms with Gasteiger partial charge in [-0.2, -0.15) is 0 Å². The molecule has 0 radical (unpaired) electrons. The molecular formula is C8H10BrN3O. The number of anilines is 1. The van der Waals surface area contributed by atoms with Crippen LogP contribution in [0.25, 0.3) is 0 Å². The molecule has 0 saturated carbocycles. The lowest BCUT2D eigenvalue weighted by Gasteiger charge is -2.05. The van der Waals surface area contributed by atoms with Gasteiger partial charge in [0.25, 0.3) is 0 Å². The number of carbonyl (C=O) groups is 1. The molecule has 1 aromatic rings. The second-order valence-corrected chi connectivity index (χ2v) is 3.68. The Morgan fingerprint density at radius 2 is 2.23 bits per heavy atom. The fourth-order valence-electron chi connectivity index (χ4n) is 0.672. The minimum Gasteiger partial charge on any atom is -0.310 e. The van der Waals surface area contributed by atoms with E-state index in [9.17, 15) is 4.79 Å². The zero-order valence-electron chi connectivity index (χ0n) is 7.41. The third-order valence-corrected chi connectivity index (χ3v) is 1.84. The molecule has 0 fully saturated rings. The maximum absolute atomic E-state index is 11.2. The lowest BCUT2D eigenvalue weighted by atomic mass is 10.2. The monoisotopic (exact) mass is 243 g/mol. The summed E-state index contributed by atoms with van der Waals surface area (Å²) in [6.07, 6.45) is 1.39. The molecule has 0 bridgehead atoms. The summed E-state index contributed by atoms with van der Waals surface area (Å²) in [5.41, 5.74) is 0. The van der Waals surface area contributed by atoms with E-state index in [0.717, 1.165) is 0 Å². The van der Waals surface area contributed by atoms with Gasteiger partial charge in [0.2, 0.25) is 5.91 Å². The van der Waals surface area contributed by atoms with Crippen LogP contribution < -0.4 is 5.32 Å². The molecular weight excluding hydrogens is 234 g/mol. The molecule has 1 amide bonds. The molecule has 1 N–H and O–H groups in total. The van der Waals surface area contributed by atoms with E-state index in [4.69, 9.17) is 0 Å². The normalized spacial score (nSPS) is 10.2. The number of rotatable bonds is 2. The van der Waals surface area contributed by atoms with E-state index < -0.39 is 0 Å². The first-order valence-electron chi connectivity index (χ1n) is 3.88. The molecule has 0 aliphatic rings. The number of aromatic nitrogens is 2. The maximum Gasteiger partial charge on any atom is 0.228 e. The van der Waals surface area contributed by atoms with E-state index >= 15 is 0 Å². The van der Waals surface area contributed by atoms with Crippen LogP contribution in [-0.4, -0.2) is 15.9 Å². The number of nitrogens with one attached hydrogen (secondary N) is 1. The van der Waals surface area contributed by atoms with Crippen molar-refractivity contribution in [3.63, 3.8) is 0 Å². The molecule has 1 aromatic heterocycles. The Bertz CT molecular complexity index is 314. The van der Waals surface area contributed by atoms with E-state index in [1.807, 2.05) is 13.8 Å². The highest BCUT2D eigenvalue weighted by Gasteiger charge is 2.07. The predicted octanol–water partition coefficient (Wildman–Crippen LogP) is 1.83. The van der Waals surface area contributed by atoms with Crippen LogP contribution >= 0.6 is 15.9 Å². The van der Waals surface area contributed by atoms with E-state index in [0.29, 0.717) is 10.4 Å². The minimum absolute atomic E-state index is 0.0475. The molecule has 1 rings (SSSR count). The van der Waals surface area contributed by atoms with Gasteiger partial charge in [-0.25, -0.2) is 9.97 Å².